The van der Waals surface area contributed by atoms with Crippen molar-refractivity contribution in [2.45, 2.75) is 64.0 Å². The van der Waals surface area contributed by atoms with Gasteiger partial charge in [0.1, 0.15) is 11.4 Å². The van der Waals surface area contributed by atoms with Gasteiger partial charge in [-0.05, 0) is 51.4 Å². The van der Waals surface area contributed by atoms with E-state index in [1.54, 1.807) is 13.8 Å². The average Bonchev–Trinajstić information content (AvgIpc) is 2.34. The van der Waals surface area contributed by atoms with Crippen LogP contribution >= 0.6 is 11.6 Å². The lowest BCUT2D eigenvalue weighted by molar-refractivity contribution is -0.210. The average molecular weight is 289 g/mol. The molecule has 0 aliphatic heterocycles. The number of fused-ring (bicyclic) bond motifs is 1. The Morgan fingerprint density at radius 2 is 1.89 bits per heavy atom. The largest absolute Gasteiger partial charge is 0.389 e. The lowest BCUT2D eigenvalue weighted by atomic mass is 9.49. The van der Waals surface area contributed by atoms with Crippen LogP contribution < -0.4 is 0 Å². The van der Waals surface area contributed by atoms with E-state index in [-0.39, 0.29) is 17.6 Å². The topological polar surface area (TPSA) is 57.5 Å². The Labute approximate surface area is 120 Å². The Morgan fingerprint density at radius 3 is 2.42 bits per heavy atom. The molecule has 2 rings (SSSR count). The van der Waals surface area contributed by atoms with Gasteiger partial charge >= 0.3 is 0 Å². The predicted molar refractivity (Wildman–Crippen MR) is 75.1 cm³/mol. The van der Waals surface area contributed by atoms with Crippen LogP contribution in [-0.4, -0.2) is 33.1 Å². The first kappa shape index (κ1) is 15.3. The molecule has 0 aromatic carbocycles. The highest BCUT2D eigenvalue weighted by molar-refractivity contribution is 6.21. The molecule has 0 aromatic heterocycles. The molecular weight excluding hydrogens is 264 g/mol. The smallest absolute Gasteiger partial charge is 0.138 e. The molecule has 3 nitrogen and oxygen atoms in total. The van der Waals surface area contributed by atoms with E-state index in [9.17, 15) is 15.0 Å². The van der Waals surface area contributed by atoms with E-state index >= 15 is 0 Å². The first-order chi connectivity index (χ1) is 8.64. The Morgan fingerprint density at radius 1 is 1.32 bits per heavy atom. The summed E-state index contributed by atoms with van der Waals surface area (Å²) in [6, 6.07) is 0. The molecule has 7 atom stereocenters. The van der Waals surface area contributed by atoms with Gasteiger partial charge in [-0.2, -0.15) is 0 Å². The molecule has 0 heterocycles. The lowest BCUT2D eigenvalue weighted by Crippen LogP contribution is -2.69. The molecule has 0 amide bonds. The summed E-state index contributed by atoms with van der Waals surface area (Å²) < 4.78 is 0. The highest BCUT2D eigenvalue weighted by Gasteiger charge is 2.64. The summed E-state index contributed by atoms with van der Waals surface area (Å²) in [5, 5.41) is 20.7. The minimum atomic E-state index is -1.47. The molecule has 19 heavy (non-hydrogen) atoms. The van der Waals surface area contributed by atoms with Crippen molar-refractivity contribution >= 4 is 17.4 Å². The summed E-state index contributed by atoms with van der Waals surface area (Å²) in [7, 11) is 0. The van der Waals surface area contributed by atoms with Crippen LogP contribution in [-0.2, 0) is 4.79 Å². The van der Waals surface area contributed by atoms with Crippen LogP contribution in [0.25, 0.3) is 0 Å². The van der Waals surface area contributed by atoms with Crippen LogP contribution in [0.1, 0.15) is 47.0 Å². The molecule has 0 saturated heterocycles. The molecule has 0 spiro atoms. The zero-order chi connectivity index (χ0) is 14.6. The second-order valence-corrected chi connectivity index (χ2v) is 7.49. The Hall–Kier alpha value is -0.120. The van der Waals surface area contributed by atoms with Crippen LogP contribution in [0.15, 0.2) is 0 Å². The van der Waals surface area contributed by atoms with Crippen molar-refractivity contribution in [3.05, 3.63) is 0 Å². The van der Waals surface area contributed by atoms with Gasteiger partial charge in [0, 0.05) is 0 Å². The number of alkyl halides is 1. The van der Waals surface area contributed by atoms with Crippen molar-refractivity contribution in [2.24, 2.45) is 23.2 Å². The number of aliphatic hydroxyl groups excluding tert-OH is 1. The van der Waals surface area contributed by atoms with E-state index < -0.39 is 22.5 Å². The van der Waals surface area contributed by atoms with Gasteiger partial charge in [-0.15, -0.1) is 11.6 Å². The zero-order valence-corrected chi connectivity index (χ0v) is 12.9. The second kappa shape index (κ2) is 4.71. The van der Waals surface area contributed by atoms with Crippen molar-refractivity contribution in [1.82, 2.24) is 0 Å². The zero-order valence-electron chi connectivity index (χ0n) is 12.2. The number of rotatable bonds is 1. The number of aliphatic hydroxyl groups is 2. The van der Waals surface area contributed by atoms with Crippen LogP contribution in [0.2, 0.25) is 0 Å². The third-order valence-corrected chi connectivity index (χ3v) is 6.54. The summed E-state index contributed by atoms with van der Waals surface area (Å²) >= 11 is 6.40. The maximum Gasteiger partial charge on any atom is 0.138 e. The molecule has 0 bridgehead atoms. The first-order valence-electron chi connectivity index (χ1n) is 7.19. The van der Waals surface area contributed by atoms with Gasteiger partial charge in [0.2, 0.25) is 0 Å². The third kappa shape index (κ3) is 1.97. The number of hydrogen-bond acceptors (Lipinski definition) is 3. The number of halogens is 1. The van der Waals surface area contributed by atoms with Gasteiger partial charge in [0.15, 0.2) is 0 Å². The van der Waals surface area contributed by atoms with E-state index in [0.717, 1.165) is 19.3 Å². The molecule has 0 radical (unpaired) electrons. The SMILES string of the molecule is CC(=O)C1(C)C2CCC(C)CC2C(Cl)C(O)C1(C)O. The van der Waals surface area contributed by atoms with Gasteiger partial charge < -0.3 is 10.2 Å². The fraction of sp³-hybridized carbons (Fsp3) is 0.933. The van der Waals surface area contributed by atoms with Crippen molar-refractivity contribution < 1.29 is 15.0 Å². The van der Waals surface area contributed by atoms with Crippen molar-refractivity contribution in [3.8, 4) is 0 Å². The molecule has 2 N–H and O–H groups in total. The molecule has 0 aromatic rings. The van der Waals surface area contributed by atoms with Crippen LogP contribution in [0, 0.1) is 23.2 Å². The van der Waals surface area contributed by atoms with Crippen molar-refractivity contribution in [3.63, 3.8) is 0 Å². The van der Waals surface area contributed by atoms with E-state index in [2.05, 4.69) is 6.92 Å². The van der Waals surface area contributed by atoms with Gasteiger partial charge in [0.05, 0.1) is 16.9 Å². The molecular formula is C15H25ClO3. The number of carbonyl (C=O) groups excluding carboxylic acids is 1. The maximum atomic E-state index is 12.2. The number of carbonyl (C=O) groups is 1. The number of hydrogen-bond donors (Lipinski definition) is 2. The van der Waals surface area contributed by atoms with Gasteiger partial charge in [-0.25, -0.2) is 0 Å². The van der Waals surface area contributed by atoms with E-state index in [0.29, 0.717) is 5.92 Å². The van der Waals surface area contributed by atoms with Crippen LogP contribution in [0.3, 0.4) is 0 Å². The highest BCUT2D eigenvalue weighted by Crippen LogP contribution is 2.57. The fourth-order valence-electron chi connectivity index (χ4n) is 4.34. The second-order valence-electron chi connectivity index (χ2n) is 6.98. The molecule has 2 aliphatic rings. The Bertz CT molecular complexity index is 382. The number of Topliss-reactive ketones (excluding diaryl/α,β-unsaturated/α-hetero) is 1. The summed E-state index contributed by atoms with van der Waals surface area (Å²) in [4.78, 5) is 12.2. The molecule has 4 heteroatoms. The standard InChI is InChI=1S/C15H25ClO3/c1-8-5-6-11-10(7-8)12(16)13(18)15(4,19)14(11,3)9(2)17/h8,10-13,18-19H,5-7H2,1-4H3. The third-order valence-electron chi connectivity index (χ3n) is 5.97. The van der Waals surface area contributed by atoms with Gasteiger partial charge in [-0.3, -0.25) is 4.79 Å². The summed E-state index contributed by atoms with van der Waals surface area (Å²) in [6.07, 6.45) is 1.82. The Kier molecular flexibility index (Phi) is 3.79. The molecule has 2 fully saturated rings. The lowest BCUT2D eigenvalue weighted by Gasteiger charge is -2.59. The van der Waals surface area contributed by atoms with E-state index in [1.165, 1.54) is 6.92 Å². The first-order valence-corrected chi connectivity index (χ1v) is 7.63. The van der Waals surface area contributed by atoms with Crippen molar-refractivity contribution in [1.29, 1.82) is 0 Å². The van der Waals surface area contributed by atoms with Gasteiger partial charge in [0.25, 0.3) is 0 Å². The normalized spacial score (nSPS) is 54.6. The van der Waals surface area contributed by atoms with Gasteiger partial charge in [-0.1, -0.05) is 13.3 Å². The minimum Gasteiger partial charge on any atom is -0.389 e. The summed E-state index contributed by atoms with van der Waals surface area (Å²) in [5.41, 5.74) is -2.38. The predicted octanol–water partition coefficient (Wildman–Crippen LogP) is 2.37. The number of ketones is 1. The Balaban J connectivity index is 2.48. The minimum absolute atomic E-state index is 0.0512. The molecule has 2 aliphatic carbocycles. The quantitative estimate of drug-likeness (QED) is 0.728. The van der Waals surface area contributed by atoms with Crippen molar-refractivity contribution in [2.75, 3.05) is 0 Å². The molecule has 7 unspecified atom stereocenters. The molecule has 2 saturated carbocycles. The van der Waals surface area contributed by atoms with E-state index in [4.69, 9.17) is 11.6 Å². The summed E-state index contributed by atoms with van der Waals surface area (Å²) in [6.45, 7) is 7.06. The van der Waals surface area contributed by atoms with Crippen LogP contribution in [0.5, 0.6) is 0 Å². The maximum absolute atomic E-state index is 12.2. The summed E-state index contributed by atoms with van der Waals surface area (Å²) in [5.74, 6) is 0.676. The van der Waals surface area contributed by atoms with Crippen LogP contribution in [0.4, 0.5) is 0 Å². The molecule has 110 valence electrons. The fourth-order valence-corrected chi connectivity index (χ4v) is 4.86. The highest BCUT2D eigenvalue weighted by atomic mass is 35.5. The van der Waals surface area contributed by atoms with E-state index in [1.807, 2.05) is 0 Å². The monoisotopic (exact) mass is 288 g/mol.